The molecule has 0 saturated heterocycles. The van der Waals surface area contributed by atoms with Crippen LogP contribution in [0, 0.1) is 12.7 Å². The van der Waals surface area contributed by atoms with E-state index in [1.165, 1.54) is 12.1 Å². The maximum absolute atomic E-state index is 13.5. The topological polar surface area (TPSA) is 62.2 Å². The van der Waals surface area contributed by atoms with Crippen molar-refractivity contribution in [3.8, 4) is 5.75 Å². The van der Waals surface area contributed by atoms with Gasteiger partial charge in [-0.2, -0.15) is 0 Å². The third kappa shape index (κ3) is 3.08. The largest absolute Gasteiger partial charge is 0.508 e. The van der Waals surface area contributed by atoms with Crippen molar-refractivity contribution in [3.05, 3.63) is 51.9 Å². The summed E-state index contributed by atoms with van der Waals surface area (Å²) in [6, 6.07) is 6.69. The van der Waals surface area contributed by atoms with Crippen LogP contribution in [-0.2, 0) is 0 Å². The second-order valence-electron chi connectivity index (χ2n) is 3.88. The van der Waals surface area contributed by atoms with E-state index in [0.29, 0.717) is 11.5 Å². The zero-order valence-corrected chi connectivity index (χ0v) is 11.5. The lowest BCUT2D eigenvalue weighted by Crippen LogP contribution is -2.14. The molecule has 2 aromatic rings. The summed E-state index contributed by atoms with van der Waals surface area (Å²) < 4.78 is 14.3. The third-order valence-corrected chi connectivity index (χ3v) is 3.30. The molecule has 0 spiro atoms. The molecule has 0 bridgehead atoms. The molecule has 0 unspecified atom stereocenters. The predicted molar refractivity (Wildman–Crippen MR) is 72.7 cm³/mol. The van der Waals surface area contributed by atoms with Gasteiger partial charge >= 0.3 is 0 Å². The summed E-state index contributed by atoms with van der Waals surface area (Å²) in [6.07, 6.45) is 0. The van der Waals surface area contributed by atoms with E-state index < -0.39 is 11.7 Å². The Labute approximate surface area is 117 Å². The number of halogens is 2. The summed E-state index contributed by atoms with van der Waals surface area (Å²) in [5.41, 5.74) is 0.559. The summed E-state index contributed by atoms with van der Waals surface area (Å²) in [6.45, 7) is 1.78. The van der Waals surface area contributed by atoms with E-state index in [1.807, 2.05) is 0 Å². The zero-order valence-electron chi connectivity index (χ0n) is 9.95. The number of phenolic OH excluding ortho intramolecular Hbond substituents is 1. The Morgan fingerprint density at radius 2 is 2.11 bits per heavy atom. The molecule has 98 valence electrons. The molecule has 19 heavy (non-hydrogen) atoms. The van der Waals surface area contributed by atoms with E-state index >= 15 is 0 Å². The van der Waals surface area contributed by atoms with Gasteiger partial charge in [-0.25, -0.2) is 9.37 Å². The maximum Gasteiger partial charge on any atom is 0.259 e. The van der Waals surface area contributed by atoms with E-state index in [-0.39, 0.29) is 11.3 Å². The highest BCUT2D eigenvalue weighted by molar-refractivity contribution is 9.10. The number of nitrogens with zero attached hydrogens (tertiary/aromatic N) is 1. The molecular weight excluding hydrogens is 315 g/mol. The fraction of sp³-hybridized carbons (Fsp3) is 0.0769. The Bertz CT molecular complexity index is 647. The first-order valence-corrected chi connectivity index (χ1v) is 6.19. The van der Waals surface area contributed by atoms with Gasteiger partial charge in [-0.15, -0.1) is 0 Å². The Balaban J connectivity index is 2.23. The van der Waals surface area contributed by atoms with Gasteiger partial charge < -0.3 is 10.4 Å². The minimum Gasteiger partial charge on any atom is -0.508 e. The van der Waals surface area contributed by atoms with Crippen molar-refractivity contribution in [2.75, 3.05) is 5.32 Å². The molecule has 4 nitrogen and oxygen atoms in total. The van der Waals surface area contributed by atoms with E-state index in [1.54, 1.807) is 19.1 Å². The lowest BCUT2D eigenvalue weighted by Gasteiger charge is -2.07. The van der Waals surface area contributed by atoms with E-state index in [9.17, 15) is 9.18 Å². The van der Waals surface area contributed by atoms with Gasteiger partial charge in [0.1, 0.15) is 17.4 Å². The average molecular weight is 325 g/mol. The van der Waals surface area contributed by atoms with Gasteiger partial charge in [0, 0.05) is 10.5 Å². The van der Waals surface area contributed by atoms with Crippen LogP contribution in [0.25, 0.3) is 0 Å². The predicted octanol–water partition coefficient (Wildman–Crippen LogP) is 3.25. The minimum atomic E-state index is -0.786. The van der Waals surface area contributed by atoms with Crippen LogP contribution in [0.5, 0.6) is 5.75 Å². The fourth-order valence-electron chi connectivity index (χ4n) is 1.49. The standard InChI is InChI=1S/C13H10BrFN2O2/c1-7-10(14)4-5-12(16-7)17-13(19)9-3-2-8(18)6-11(9)15/h2-6,18H,1H3,(H,16,17,19). The second-order valence-corrected chi connectivity index (χ2v) is 4.74. The molecule has 6 heteroatoms. The van der Waals surface area contributed by atoms with Crippen LogP contribution in [0.1, 0.15) is 16.1 Å². The molecular formula is C13H10BrFN2O2. The number of rotatable bonds is 2. The number of hydrogen-bond acceptors (Lipinski definition) is 3. The van der Waals surface area contributed by atoms with E-state index in [0.717, 1.165) is 10.5 Å². The highest BCUT2D eigenvalue weighted by Crippen LogP contribution is 2.18. The first-order chi connectivity index (χ1) is 8.97. The molecule has 0 aliphatic heterocycles. The summed E-state index contributed by atoms with van der Waals surface area (Å²) in [5.74, 6) is -1.30. The third-order valence-electron chi connectivity index (χ3n) is 2.46. The van der Waals surface area contributed by atoms with Gasteiger partial charge in [0.2, 0.25) is 0 Å². The van der Waals surface area contributed by atoms with Crippen molar-refractivity contribution in [3.63, 3.8) is 0 Å². The Morgan fingerprint density at radius 1 is 1.37 bits per heavy atom. The number of hydrogen-bond donors (Lipinski definition) is 2. The minimum absolute atomic E-state index is 0.153. The molecule has 0 fully saturated rings. The summed E-state index contributed by atoms with van der Waals surface area (Å²) in [4.78, 5) is 16.0. The highest BCUT2D eigenvalue weighted by Gasteiger charge is 2.13. The number of amides is 1. The number of aromatic nitrogens is 1. The van der Waals surface area contributed by atoms with E-state index in [2.05, 4.69) is 26.2 Å². The molecule has 1 amide bonds. The summed E-state index contributed by atoms with van der Waals surface area (Å²) >= 11 is 3.30. The smallest absolute Gasteiger partial charge is 0.259 e. The monoisotopic (exact) mass is 324 g/mol. The lowest BCUT2D eigenvalue weighted by molar-refractivity contribution is 0.102. The van der Waals surface area contributed by atoms with Crippen molar-refractivity contribution < 1.29 is 14.3 Å². The summed E-state index contributed by atoms with van der Waals surface area (Å²) in [5, 5.41) is 11.6. The number of nitrogens with one attached hydrogen (secondary N) is 1. The molecule has 1 heterocycles. The Kier molecular flexibility index (Phi) is 3.80. The van der Waals surface area contributed by atoms with Crippen molar-refractivity contribution in [2.45, 2.75) is 6.92 Å². The Morgan fingerprint density at radius 3 is 2.74 bits per heavy atom. The molecule has 0 aliphatic carbocycles. The van der Waals surface area contributed by atoms with Crippen LogP contribution in [0.2, 0.25) is 0 Å². The molecule has 0 radical (unpaired) electrons. The number of carbonyl (C=O) groups is 1. The van der Waals surface area contributed by atoms with Gasteiger partial charge in [-0.3, -0.25) is 4.79 Å². The molecule has 1 aromatic carbocycles. The normalized spacial score (nSPS) is 10.3. The number of phenols is 1. The Hall–Kier alpha value is -1.95. The van der Waals surface area contributed by atoms with Crippen LogP contribution < -0.4 is 5.32 Å². The number of aryl methyl sites for hydroxylation is 1. The highest BCUT2D eigenvalue weighted by atomic mass is 79.9. The number of carbonyl (C=O) groups excluding carboxylic acids is 1. The molecule has 0 aliphatic rings. The van der Waals surface area contributed by atoms with Crippen molar-refractivity contribution in [1.82, 2.24) is 4.98 Å². The number of aromatic hydroxyl groups is 1. The van der Waals surface area contributed by atoms with Gasteiger partial charge in [0.05, 0.1) is 11.3 Å². The SMILES string of the molecule is Cc1nc(NC(=O)c2ccc(O)cc2F)ccc1Br. The van der Waals surface area contributed by atoms with Crippen LogP contribution in [0.3, 0.4) is 0 Å². The molecule has 1 aromatic heterocycles. The van der Waals surface area contributed by atoms with E-state index in [4.69, 9.17) is 5.11 Å². The van der Waals surface area contributed by atoms with Gasteiger partial charge in [-0.05, 0) is 47.1 Å². The maximum atomic E-state index is 13.5. The summed E-state index contributed by atoms with van der Waals surface area (Å²) in [7, 11) is 0. The average Bonchev–Trinajstić information content (AvgIpc) is 2.33. The number of pyridine rings is 1. The first-order valence-electron chi connectivity index (χ1n) is 5.40. The first kappa shape index (κ1) is 13.5. The lowest BCUT2D eigenvalue weighted by atomic mass is 10.2. The fourth-order valence-corrected chi connectivity index (χ4v) is 1.71. The molecule has 2 N–H and O–H groups in total. The van der Waals surface area contributed by atoms with Gasteiger partial charge in [-0.1, -0.05) is 0 Å². The molecule has 0 atom stereocenters. The number of benzene rings is 1. The van der Waals surface area contributed by atoms with Gasteiger partial charge in [0.25, 0.3) is 5.91 Å². The quantitative estimate of drug-likeness (QED) is 0.891. The van der Waals surface area contributed by atoms with Crippen LogP contribution in [0.15, 0.2) is 34.8 Å². The van der Waals surface area contributed by atoms with Crippen molar-refractivity contribution in [1.29, 1.82) is 0 Å². The second kappa shape index (κ2) is 5.36. The number of anilines is 1. The van der Waals surface area contributed by atoms with Crippen molar-refractivity contribution >= 4 is 27.7 Å². The molecule has 0 saturated carbocycles. The zero-order chi connectivity index (χ0) is 14.0. The van der Waals surface area contributed by atoms with Gasteiger partial charge in [0.15, 0.2) is 0 Å². The van der Waals surface area contributed by atoms with Crippen molar-refractivity contribution in [2.24, 2.45) is 0 Å². The van der Waals surface area contributed by atoms with Crippen LogP contribution in [0.4, 0.5) is 10.2 Å². The molecule has 2 rings (SSSR count). The van der Waals surface area contributed by atoms with Crippen LogP contribution in [-0.4, -0.2) is 16.0 Å². The van der Waals surface area contributed by atoms with Crippen LogP contribution >= 0.6 is 15.9 Å².